The standard InChI is InChI=1S/C17H19N3O5S2/c18-27(24,25)14-7-3-12(4-8-14)10-19-17(26)20-15(16(22)23)9-11-1-5-13(21)6-2-11/h1-8,15,21H,9-10H2,(H,22,23)(H2,18,24,25)(H2,19,20,26). The van der Waals surface area contributed by atoms with Crippen molar-refractivity contribution >= 4 is 33.3 Å². The van der Waals surface area contributed by atoms with Crippen LogP contribution >= 0.6 is 12.2 Å². The van der Waals surface area contributed by atoms with Crippen molar-refractivity contribution in [1.29, 1.82) is 0 Å². The molecule has 0 fully saturated rings. The van der Waals surface area contributed by atoms with Crippen molar-refractivity contribution in [2.45, 2.75) is 23.9 Å². The number of aromatic hydroxyl groups is 1. The zero-order valence-corrected chi connectivity index (χ0v) is 15.8. The molecule has 0 aliphatic carbocycles. The van der Waals surface area contributed by atoms with Crippen LogP contribution in [-0.4, -0.2) is 35.8 Å². The van der Waals surface area contributed by atoms with E-state index >= 15 is 0 Å². The Hall–Kier alpha value is -2.69. The highest BCUT2D eigenvalue weighted by Crippen LogP contribution is 2.12. The molecule has 0 aliphatic rings. The van der Waals surface area contributed by atoms with Crippen molar-refractivity contribution in [2.24, 2.45) is 5.14 Å². The highest BCUT2D eigenvalue weighted by molar-refractivity contribution is 7.89. The number of rotatable bonds is 7. The lowest BCUT2D eigenvalue weighted by Crippen LogP contribution is -2.46. The predicted molar refractivity (Wildman–Crippen MR) is 104 cm³/mol. The van der Waals surface area contributed by atoms with Gasteiger partial charge in [-0.15, -0.1) is 0 Å². The number of benzene rings is 2. The average Bonchev–Trinajstić information content (AvgIpc) is 2.60. The summed E-state index contributed by atoms with van der Waals surface area (Å²) < 4.78 is 22.5. The van der Waals surface area contributed by atoms with Crippen LogP contribution in [0.3, 0.4) is 0 Å². The zero-order valence-electron chi connectivity index (χ0n) is 14.1. The highest BCUT2D eigenvalue weighted by atomic mass is 32.2. The first-order valence-electron chi connectivity index (χ1n) is 7.82. The number of aliphatic carboxylic acids is 1. The SMILES string of the molecule is NS(=O)(=O)c1ccc(CNC(=S)NC(Cc2ccc(O)cc2)C(=O)O)cc1. The maximum atomic E-state index is 11.4. The first-order valence-corrected chi connectivity index (χ1v) is 9.77. The zero-order chi connectivity index (χ0) is 20.0. The summed E-state index contributed by atoms with van der Waals surface area (Å²) >= 11 is 5.13. The molecule has 0 saturated heterocycles. The van der Waals surface area contributed by atoms with Gasteiger partial charge in [0.25, 0.3) is 0 Å². The van der Waals surface area contributed by atoms with E-state index in [-0.39, 0.29) is 28.7 Å². The molecule has 2 aromatic carbocycles. The summed E-state index contributed by atoms with van der Waals surface area (Å²) in [5.41, 5.74) is 1.48. The van der Waals surface area contributed by atoms with E-state index in [4.69, 9.17) is 17.4 Å². The van der Waals surface area contributed by atoms with Gasteiger partial charge in [-0.3, -0.25) is 0 Å². The third-order valence-electron chi connectivity index (χ3n) is 3.68. The summed E-state index contributed by atoms with van der Waals surface area (Å²) in [6, 6.07) is 11.2. The molecule has 0 amide bonds. The largest absolute Gasteiger partial charge is 0.508 e. The number of carboxylic acids is 1. The molecule has 0 aliphatic heterocycles. The van der Waals surface area contributed by atoms with Crippen LogP contribution in [0.25, 0.3) is 0 Å². The number of hydrogen-bond acceptors (Lipinski definition) is 5. The van der Waals surface area contributed by atoms with E-state index in [1.165, 1.54) is 24.3 Å². The topological polar surface area (TPSA) is 142 Å². The Morgan fingerprint density at radius 1 is 1.07 bits per heavy atom. The Labute approximate surface area is 162 Å². The van der Waals surface area contributed by atoms with Crippen molar-refractivity contribution in [2.75, 3.05) is 0 Å². The number of primary sulfonamides is 1. The van der Waals surface area contributed by atoms with Crippen LogP contribution in [0.1, 0.15) is 11.1 Å². The minimum atomic E-state index is -3.75. The number of carboxylic acid groups (broad SMARTS) is 1. The van der Waals surface area contributed by atoms with Crippen molar-refractivity contribution in [3.63, 3.8) is 0 Å². The molecule has 2 rings (SSSR count). The number of phenolic OH excluding ortho intramolecular Hbond substituents is 1. The summed E-state index contributed by atoms with van der Waals surface area (Å²) in [5.74, 6) is -0.964. The number of hydrogen-bond donors (Lipinski definition) is 5. The van der Waals surface area contributed by atoms with Gasteiger partial charge in [-0.2, -0.15) is 0 Å². The van der Waals surface area contributed by atoms with Gasteiger partial charge in [-0.05, 0) is 47.6 Å². The van der Waals surface area contributed by atoms with Crippen LogP contribution in [0.4, 0.5) is 0 Å². The van der Waals surface area contributed by atoms with Crippen molar-refractivity contribution in [3.05, 3.63) is 59.7 Å². The second-order valence-corrected chi connectivity index (χ2v) is 7.75. The fraction of sp³-hybridized carbons (Fsp3) is 0.176. The van der Waals surface area contributed by atoms with Gasteiger partial charge in [0.1, 0.15) is 11.8 Å². The Balaban J connectivity index is 1.92. The molecule has 0 saturated carbocycles. The summed E-state index contributed by atoms with van der Waals surface area (Å²) in [5, 5.41) is 29.4. The monoisotopic (exact) mass is 409 g/mol. The van der Waals surface area contributed by atoms with E-state index in [9.17, 15) is 23.4 Å². The Bertz CT molecular complexity index is 913. The van der Waals surface area contributed by atoms with E-state index in [0.717, 1.165) is 11.1 Å². The molecular formula is C17H19N3O5S2. The minimum Gasteiger partial charge on any atom is -0.508 e. The van der Waals surface area contributed by atoms with E-state index in [1.54, 1.807) is 24.3 Å². The lowest BCUT2D eigenvalue weighted by atomic mass is 10.1. The normalized spacial score (nSPS) is 12.2. The van der Waals surface area contributed by atoms with Crippen molar-refractivity contribution < 1.29 is 23.4 Å². The number of thiocarbonyl (C=S) groups is 1. The quantitative estimate of drug-likeness (QED) is 0.421. The van der Waals surface area contributed by atoms with Crippen molar-refractivity contribution in [3.8, 4) is 5.75 Å². The Morgan fingerprint density at radius 2 is 1.63 bits per heavy atom. The van der Waals surface area contributed by atoms with Crippen LogP contribution in [-0.2, 0) is 27.8 Å². The lowest BCUT2D eigenvalue weighted by molar-refractivity contribution is -0.139. The van der Waals surface area contributed by atoms with E-state index in [0.29, 0.717) is 0 Å². The van der Waals surface area contributed by atoms with E-state index in [1.807, 2.05) is 0 Å². The first kappa shape index (κ1) is 20.6. The molecule has 144 valence electrons. The predicted octanol–water partition coefficient (Wildman–Crippen LogP) is 0.700. The number of sulfonamides is 1. The molecular weight excluding hydrogens is 390 g/mol. The molecule has 1 atom stereocenters. The fourth-order valence-corrected chi connectivity index (χ4v) is 2.99. The lowest BCUT2D eigenvalue weighted by Gasteiger charge is -2.17. The van der Waals surface area contributed by atoms with Crippen LogP contribution in [0.15, 0.2) is 53.4 Å². The van der Waals surface area contributed by atoms with Crippen LogP contribution in [0, 0.1) is 0 Å². The van der Waals surface area contributed by atoms with Crippen LogP contribution in [0.2, 0.25) is 0 Å². The van der Waals surface area contributed by atoms with Crippen LogP contribution < -0.4 is 15.8 Å². The van der Waals surface area contributed by atoms with Gasteiger partial charge < -0.3 is 20.8 Å². The number of phenols is 1. The summed E-state index contributed by atoms with van der Waals surface area (Å²) in [4.78, 5) is 11.5. The molecule has 27 heavy (non-hydrogen) atoms. The van der Waals surface area contributed by atoms with Gasteiger partial charge >= 0.3 is 5.97 Å². The minimum absolute atomic E-state index is 0.00629. The van der Waals surface area contributed by atoms with Gasteiger partial charge in [0.2, 0.25) is 10.0 Å². The molecule has 0 radical (unpaired) electrons. The molecule has 0 spiro atoms. The fourth-order valence-electron chi connectivity index (χ4n) is 2.26. The highest BCUT2D eigenvalue weighted by Gasteiger charge is 2.19. The third kappa shape index (κ3) is 6.51. The molecule has 8 nitrogen and oxygen atoms in total. The summed E-state index contributed by atoms with van der Waals surface area (Å²) in [6.07, 6.45) is 0.181. The Kier molecular flexibility index (Phi) is 6.72. The summed E-state index contributed by atoms with van der Waals surface area (Å²) in [6.45, 7) is 0.280. The molecule has 0 heterocycles. The number of nitrogens with two attached hydrogens (primary N) is 1. The third-order valence-corrected chi connectivity index (χ3v) is 4.88. The van der Waals surface area contributed by atoms with Gasteiger partial charge in [0.05, 0.1) is 4.90 Å². The first-order chi connectivity index (χ1) is 12.6. The smallest absolute Gasteiger partial charge is 0.326 e. The van der Waals surface area contributed by atoms with E-state index < -0.39 is 22.0 Å². The maximum absolute atomic E-state index is 11.4. The van der Waals surface area contributed by atoms with Gasteiger partial charge in [0.15, 0.2) is 5.11 Å². The van der Waals surface area contributed by atoms with Gasteiger partial charge in [0, 0.05) is 13.0 Å². The molecule has 0 aromatic heterocycles. The molecule has 1 unspecified atom stereocenters. The molecule has 0 bridgehead atoms. The number of carbonyl (C=O) groups is 1. The van der Waals surface area contributed by atoms with Gasteiger partial charge in [-0.1, -0.05) is 24.3 Å². The second-order valence-electron chi connectivity index (χ2n) is 5.78. The van der Waals surface area contributed by atoms with E-state index in [2.05, 4.69) is 10.6 Å². The van der Waals surface area contributed by atoms with Gasteiger partial charge in [-0.25, -0.2) is 18.4 Å². The van der Waals surface area contributed by atoms with Crippen LogP contribution in [0.5, 0.6) is 5.75 Å². The molecule has 6 N–H and O–H groups in total. The summed E-state index contributed by atoms with van der Waals surface area (Å²) in [7, 11) is -3.75. The second kappa shape index (κ2) is 8.80. The number of nitrogens with one attached hydrogen (secondary N) is 2. The van der Waals surface area contributed by atoms with Crippen molar-refractivity contribution in [1.82, 2.24) is 10.6 Å². The Morgan fingerprint density at radius 3 is 2.15 bits per heavy atom. The maximum Gasteiger partial charge on any atom is 0.326 e. The molecule has 10 heteroatoms. The average molecular weight is 409 g/mol. The molecule has 2 aromatic rings.